The molecule has 11 heteroatoms. The SMILES string of the molecule is CCN(CC)[P+](OC(c1ccccc1)(C(F)(F)F)C(F)(F)F)(N(CC)CC)N(CC)CC. The van der Waals surface area contributed by atoms with Crippen LogP contribution in [0.1, 0.15) is 47.1 Å². The van der Waals surface area contributed by atoms with E-state index in [1.807, 2.05) is 0 Å². The largest absolute Gasteiger partial charge is 0.435 e. The average molecular weight is 490 g/mol. The molecular formula is C21H35F6N3OP+. The zero-order chi connectivity index (χ0) is 24.8. The summed E-state index contributed by atoms with van der Waals surface area (Å²) in [4.78, 5) is 0. The highest BCUT2D eigenvalue weighted by atomic mass is 31.2. The Hall–Kier alpha value is -0.930. The molecule has 1 rings (SSSR count). The van der Waals surface area contributed by atoms with E-state index >= 15 is 0 Å². The minimum absolute atomic E-state index is 0.234. The van der Waals surface area contributed by atoms with E-state index in [9.17, 15) is 26.3 Å². The normalized spacial score (nSPS) is 14.1. The number of rotatable bonds is 12. The van der Waals surface area contributed by atoms with Gasteiger partial charge in [0.25, 0.3) is 0 Å². The van der Waals surface area contributed by atoms with Gasteiger partial charge in [0, 0.05) is 44.8 Å². The molecule has 0 radical (unpaired) electrons. The first kappa shape index (κ1) is 29.1. The Bertz CT molecular complexity index is 629. The molecule has 0 aromatic heterocycles. The van der Waals surface area contributed by atoms with Gasteiger partial charge < -0.3 is 0 Å². The van der Waals surface area contributed by atoms with E-state index in [4.69, 9.17) is 4.52 Å². The minimum atomic E-state index is -5.74. The first-order valence-electron chi connectivity index (χ1n) is 10.9. The molecular weight excluding hydrogens is 455 g/mol. The Morgan fingerprint density at radius 1 is 0.625 bits per heavy atom. The molecule has 0 aliphatic rings. The van der Waals surface area contributed by atoms with Crippen molar-refractivity contribution >= 4 is 7.94 Å². The van der Waals surface area contributed by atoms with Gasteiger partial charge in [-0.1, -0.05) is 30.3 Å². The zero-order valence-corrected chi connectivity index (χ0v) is 20.5. The number of benzene rings is 1. The first-order chi connectivity index (χ1) is 14.9. The van der Waals surface area contributed by atoms with E-state index < -0.39 is 31.5 Å². The van der Waals surface area contributed by atoms with Crippen LogP contribution < -0.4 is 0 Å². The molecule has 0 N–H and O–H groups in total. The van der Waals surface area contributed by atoms with Gasteiger partial charge in [-0.25, -0.2) is 0 Å². The Balaban J connectivity index is 4.13. The summed E-state index contributed by atoms with van der Waals surface area (Å²) in [7, 11) is -3.75. The lowest BCUT2D eigenvalue weighted by atomic mass is 9.92. The Morgan fingerprint density at radius 3 is 1.19 bits per heavy atom. The molecule has 1 aromatic rings. The number of nitrogens with zero attached hydrogens (tertiary/aromatic N) is 3. The minimum Gasteiger partial charge on any atom is -0.167 e. The molecule has 32 heavy (non-hydrogen) atoms. The summed E-state index contributed by atoms with van der Waals surface area (Å²) < 4.78 is 98.3. The van der Waals surface area contributed by atoms with Gasteiger partial charge in [0.15, 0.2) is 0 Å². The molecule has 4 nitrogen and oxygen atoms in total. The maximum absolute atomic E-state index is 14.6. The van der Waals surface area contributed by atoms with Gasteiger partial charge in [-0.05, 0) is 41.5 Å². The van der Waals surface area contributed by atoms with Crippen molar-refractivity contribution in [3.8, 4) is 0 Å². The second-order valence-corrected chi connectivity index (χ2v) is 9.97. The lowest BCUT2D eigenvalue weighted by Crippen LogP contribution is -2.59. The maximum atomic E-state index is 14.6. The lowest BCUT2D eigenvalue weighted by Gasteiger charge is -2.48. The van der Waals surface area contributed by atoms with E-state index in [-0.39, 0.29) is 39.3 Å². The topological polar surface area (TPSA) is 19.0 Å². The number of alkyl halides is 6. The molecule has 0 fully saturated rings. The summed E-state index contributed by atoms with van der Waals surface area (Å²) >= 11 is 0. The summed E-state index contributed by atoms with van der Waals surface area (Å²) in [6.07, 6.45) is -11.5. The molecule has 1 aromatic carbocycles. The van der Waals surface area contributed by atoms with E-state index in [0.29, 0.717) is 0 Å². The van der Waals surface area contributed by atoms with Crippen molar-refractivity contribution in [2.45, 2.75) is 59.5 Å². The summed E-state index contributed by atoms with van der Waals surface area (Å²) in [5, 5.41) is 0. The van der Waals surface area contributed by atoms with Gasteiger partial charge in [-0.15, -0.1) is 14.0 Å². The summed E-state index contributed by atoms with van der Waals surface area (Å²) in [5.41, 5.74) is -5.46. The van der Waals surface area contributed by atoms with Crippen LogP contribution in [-0.2, 0) is 10.1 Å². The molecule has 0 atom stereocenters. The van der Waals surface area contributed by atoms with Crippen molar-refractivity contribution in [2.75, 3.05) is 39.3 Å². The van der Waals surface area contributed by atoms with E-state index in [2.05, 4.69) is 0 Å². The van der Waals surface area contributed by atoms with Crippen LogP contribution in [0.25, 0.3) is 0 Å². The molecule has 0 aliphatic heterocycles. The first-order valence-corrected chi connectivity index (χ1v) is 12.5. The standard InChI is InChI=1S/C21H35F6N3OP/c1-7-28(8-2)32(29(9-3)10-4,30(11-5)12-6)31-19(20(22,23)24,21(25,26)27)18-16-14-13-15-17-18/h13-17H,7-12H2,1-6H3/q+1. The molecule has 0 spiro atoms. The van der Waals surface area contributed by atoms with E-state index in [1.165, 1.54) is 6.07 Å². The molecule has 0 amide bonds. The van der Waals surface area contributed by atoms with Crippen LogP contribution in [0.4, 0.5) is 26.3 Å². The van der Waals surface area contributed by atoms with Crippen molar-refractivity contribution in [3.05, 3.63) is 35.9 Å². The average Bonchev–Trinajstić information content (AvgIpc) is 2.73. The van der Waals surface area contributed by atoms with Crippen LogP contribution >= 0.6 is 7.94 Å². The van der Waals surface area contributed by atoms with Crippen LogP contribution in [0.3, 0.4) is 0 Å². The van der Waals surface area contributed by atoms with Crippen molar-refractivity contribution in [1.29, 1.82) is 0 Å². The predicted octanol–water partition coefficient (Wildman–Crippen LogP) is 6.73. The fourth-order valence-electron chi connectivity index (χ4n) is 3.99. The molecule has 0 saturated carbocycles. The van der Waals surface area contributed by atoms with Crippen molar-refractivity contribution in [1.82, 2.24) is 14.0 Å². The van der Waals surface area contributed by atoms with Gasteiger partial charge in [0.05, 0.1) is 0 Å². The fourth-order valence-corrected chi connectivity index (χ4v) is 8.30. The molecule has 0 heterocycles. The maximum Gasteiger partial charge on any atom is 0.435 e. The van der Waals surface area contributed by atoms with Gasteiger partial charge >= 0.3 is 25.9 Å². The van der Waals surface area contributed by atoms with Crippen molar-refractivity contribution in [3.63, 3.8) is 0 Å². The highest BCUT2D eigenvalue weighted by molar-refractivity contribution is 7.64. The van der Waals surface area contributed by atoms with Crippen LogP contribution in [0.5, 0.6) is 0 Å². The Labute approximate surface area is 188 Å². The third kappa shape index (κ3) is 5.09. The van der Waals surface area contributed by atoms with Crippen molar-refractivity contribution in [2.24, 2.45) is 0 Å². The fraction of sp³-hybridized carbons (Fsp3) is 0.714. The molecule has 0 saturated heterocycles. The third-order valence-electron chi connectivity index (χ3n) is 5.53. The Kier molecular flexibility index (Phi) is 10.4. The third-order valence-corrected chi connectivity index (χ3v) is 9.96. The molecule has 186 valence electrons. The Morgan fingerprint density at radius 2 is 0.938 bits per heavy atom. The predicted molar refractivity (Wildman–Crippen MR) is 117 cm³/mol. The highest BCUT2D eigenvalue weighted by Crippen LogP contribution is 2.74. The molecule has 0 unspecified atom stereocenters. The monoisotopic (exact) mass is 490 g/mol. The second kappa shape index (κ2) is 11.5. The zero-order valence-electron chi connectivity index (χ0n) is 19.6. The van der Waals surface area contributed by atoms with E-state index in [0.717, 1.165) is 24.3 Å². The smallest absolute Gasteiger partial charge is 0.167 e. The second-order valence-electron chi connectivity index (χ2n) is 7.06. The summed E-state index contributed by atoms with van der Waals surface area (Å²) in [6, 6.07) is 5.38. The van der Waals surface area contributed by atoms with Gasteiger partial charge in [0.1, 0.15) is 0 Å². The van der Waals surface area contributed by atoms with Gasteiger partial charge in [-0.2, -0.15) is 30.9 Å². The van der Waals surface area contributed by atoms with E-state index in [1.54, 1.807) is 55.6 Å². The number of hydrogen-bond acceptors (Lipinski definition) is 4. The van der Waals surface area contributed by atoms with Crippen LogP contribution in [-0.4, -0.2) is 65.6 Å². The number of hydrogen-bond donors (Lipinski definition) is 0. The number of halogens is 6. The van der Waals surface area contributed by atoms with Crippen LogP contribution in [0.15, 0.2) is 30.3 Å². The van der Waals surface area contributed by atoms with Gasteiger partial charge in [-0.3, -0.25) is 0 Å². The summed E-state index contributed by atoms with van der Waals surface area (Å²) in [5.74, 6) is 0. The lowest BCUT2D eigenvalue weighted by molar-refractivity contribution is -0.368. The van der Waals surface area contributed by atoms with Crippen LogP contribution in [0, 0.1) is 0 Å². The molecule has 0 bridgehead atoms. The quantitative estimate of drug-likeness (QED) is 0.239. The van der Waals surface area contributed by atoms with Crippen LogP contribution in [0.2, 0.25) is 0 Å². The highest BCUT2D eigenvalue weighted by Gasteiger charge is 2.80. The van der Waals surface area contributed by atoms with Gasteiger partial charge in [0.2, 0.25) is 0 Å². The summed E-state index contributed by atoms with van der Waals surface area (Å²) in [6.45, 7) is 11.7. The van der Waals surface area contributed by atoms with Crippen molar-refractivity contribution < 1.29 is 30.9 Å². The molecule has 0 aliphatic carbocycles.